The molecule has 8 heteroatoms. The third-order valence-electron chi connectivity index (χ3n) is 4.11. The molecule has 132 valence electrons. The molecule has 0 bridgehead atoms. The highest BCUT2D eigenvalue weighted by Crippen LogP contribution is 2.37. The second-order valence-corrected chi connectivity index (χ2v) is 5.92. The van der Waals surface area contributed by atoms with Gasteiger partial charge in [0.1, 0.15) is 5.75 Å². The van der Waals surface area contributed by atoms with Crippen LogP contribution in [-0.2, 0) is 6.18 Å². The lowest BCUT2D eigenvalue weighted by atomic mass is 10.0. The normalized spacial score (nSPS) is 20.7. The molecule has 25 heavy (non-hydrogen) atoms. The lowest BCUT2D eigenvalue weighted by Crippen LogP contribution is -2.32. The fourth-order valence-electron chi connectivity index (χ4n) is 2.99. The molecule has 1 fully saturated rings. The maximum Gasteiger partial charge on any atom is 0.416 e. The van der Waals surface area contributed by atoms with Gasteiger partial charge in [-0.05, 0) is 30.2 Å². The fraction of sp³-hybridized carbons (Fsp3) is 0.294. The molecule has 0 aliphatic carbocycles. The molecule has 2 atom stereocenters. The number of aliphatic hydroxyl groups is 1. The van der Waals surface area contributed by atoms with Crippen LogP contribution in [0.5, 0.6) is 5.75 Å². The number of aromatic hydroxyl groups is 1. The van der Waals surface area contributed by atoms with Crippen molar-refractivity contribution in [3.8, 4) is 5.75 Å². The SMILES string of the molecule is O=C(c1cncc(O)c1)N1C[C@H](O)C[C@H]1c1cccc(C(F)(F)F)c1. The van der Waals surface area contributed by atoms with Gasteiger partial charge in [-0.1, -0.05) is 12.1 Å². The molecule has 0 radical (unpaired) electrons. The number of β-amino-alcohol motifs (C(OH)–C–C–N with tert-alkyl or cyclic N) is 1. The van der Waals surface area contributed by atoms with Crippen LogP contribution in [0, 0.1) is 0 Å². The number of hydrogen-bond acceptors (Lipinski definition) is 4. The van der Waals surface area contributed by atoms with E-state index in [1.165, 1.54) is 35.5 Å². The molecule has 1 aromatic carbocycles. The molecule has 2 N–H and O–H groups in total. The summed E-state index contributed by atoms with van der Waals surface area (Å²) in [4.78, 5) is 17.7. The number of hydrogen-bond donors (Lipinski definition) is 2. The van der Waals surface area contributed by atoms with Crippen LogP contribution >= 0.6 is 0 Å². The lowest BCUT2D eigenvalue weighted by molar-refractivity contribution is -0.137. The smallest absolute Gasteiger partial charge is 0.416 e. The maximum atomic E-state index is 12.9. The van der Waals surface area contributed by atoms with Gasteiger partial charge in [0.25, 0.3) is 5.91 Å². The first-order valence-corrected chi connectivity index (χ1v) is 7.56. The van der Waals surface area contributed by atoms with Crippen molar-refractivity contribution in [2.24, 2.45) is 0 Å². The number of rotatable bonds is 2. The predicted octanol–water partition coefficient (Wildman–Crippen LogP) is 2.75. The minimum absolute atomic E-state index is 0.00456. The molecule has 0 saturated carbocycles. The number of pyridine rings is 1. The van der Waals surface area contributed by atoms with Gasteiger partial charge in [-0.2, -0.15) is 13.2 Å². The summed E-state index contributed by atoms with van der Waals surface area (Å²) in [5.41, 5.74) is -0.406. The molecule has 0 unspecified atom stereocenters. The van der Waals surface area contributed by atoms with Crippen LogP contribution in [-0.4, -0.2) is 38.7 Å². The van der Waals surface area contributed by atoms with Gasteiger partial charge in [-0.15, -0.1) is 0 Å². The zero-order valence-corrected chi connectivity index (χ0v) is 12.9. The average Bonchev–Trinajstić information content (AvgIpc) is 2.95. The van der Waals surface area contributed by atoms with Crippen LogP contribution in [0.25, 0.3) is 0 Å². The molecule has 1 saturated heterocycles. The topological polar surface area (TPSA) is 73.7 Å². The molecule has 1 amide bonds. The number of carbonyl (C=O) groups excluding carboxylic acids is 1. The molecule has 3 rings (SSSR count). The zero-order valence-electron chi connectivity index (χ0n) is 12.9. The number of halogens is 3. The van der Waals surface area contributed by atoms with Crippen molar-refractivity contribution in [3.05, 3.63) is 59.4 Å². The van der Waals surface area contributed by atoms with Crippen LogP contribution in [0.15, 0.2) is 42.7 Å². The second kappa shape index (κ2) is 6.36. The monoisotopic (exact) mass is 352 g/mol. The summed E-state index contributed by atoms with van der Waals surface area (Å²) in [5.74, 6) is -0.705. The van der Waals surface area contributed by atoms with E-state index in [0.717, 1.165) is 12.1 Å². The maximum absolute atomic E-state index is 12.9. The van der Waals surface area contributed by atoms with Gasteiger partial charge in [0.2, 0.25) is 0 Å². The van der Waals surface area contributed by atoms with E-state index in [9.17, 15) is 28.2 Å². The molecule has 2 heterocycles. The van der Waals surface area contributed by atoms with Crippen molar-refractivity contribution in [3.63, 3.8) is 0 Å². The number of aromatic nitrogens is 1. The second-order valence-electron chi connectivity index (χ2n) is 5.92. The lowest BCUT2D eigenvalue weighted by Gasteiger charge is -2.25. The average molecular weight is 352 g/mol. The fourth-order valence-corrected chi connectivity index (χ4v) is 2.99. The molecular weight excluding hydrogens is 337 g/mol. The Morgan fingerprint density at radius 2 is 2.00 bits per heavy atom. The van der Waals surface area contributed by atoms with E-state index in [0.29, 0.717) is 5.56 Å². The van der Waals surface area contributed by atoms with E-state index in [-0.39, 0.29) is 24.3 Å². The zero-order chi connectivity index (χ0) is 18.2. The van der Waals surface area contributed by atoms with Gasteiger partial charge in [0.05, 0.1) is 29.5 Å². The quantitative estimate of drug-likeness (QED) is 0.872. The molecular formula is C17H15F3N2O3. The summed E-state index contributed by atoms with van der Waals surface area (Å²) >= 11 is 0. The van der Waals surface area contributed by atoms with Crippen LogP contribution < -0.4 is 0 Å². The summed E-state index contributed by atoms with van der Waals surface area (Å²) in [5, 5.41) is 19.4. The Balaban J connectivity index is 1.94. The minimum Gasteiger partial charge on any atom is -0.506 e. The largest absolute Gasteiger partial charge is 0.506 e. The molecule has 1 aliphatic rings. The van der Waals surface area contributed by atoms with Gasteiger partial charge in [-0.25, -0.2) is 0 Å². The van der Waals surface area contributed by atoms with Crippen molar-refractivity contribution in [2.75, 3.05) is 6.54 Å². The van der Waals surface area contributed by atoms with E-state index >= 15 is 0 Å². The number of alkyl halides is 3. The van der Waals surface area contributed by atoms with E-state index < -0.39 is 29.8 Å². The van der Waals surface area contributed by atoms with Gasteiger partial charge < -0.3 is 15.1 Å². The summed E-state index contributed by atoms with van der Waals surface area (Å²) < 4.78 is 38.8. The van der Waals surface area contributed by atoms with Crippen molar-refractivity contribution in [2.45, 2.75) is 24.7 Å². The molecule has 2 aromatic rings. The summed E-state index contributed by atoms with van der Waals surface area (Å²) in [7, 11) is 0. The number of carbonyl (C=O) groups is 1. The molecule has 1 aromatic heterocycles. The van der Waals surface area contributed by atoms with Crippen LogP contribution in [0.4, 0.5) is 13.2 Å². The van der Waals surface area contributed by atoms with E-state index in [1.54, 1.807) is 0 Å². The molecule has 1 aliphatic heterocycles. The van der Waals surface area contributed by atoms with E-state index in [4.69, 9.17) is 0 Å². The molecule has 5 nitrogen and oxygen atoms in total. The number of likely N-dealkylation sites (tertiary alicyclic amines) is 1. The Labute approximate surface area is 141 Å². The first kappa shape index (κ1) is 17.2. The van der Waals surface area contributed by atoms with Crippen molar-refractivity contribution >= 4 is 5.91 Å². The first-order chi connectivity index (χ1) is 11.8. The predicted molar refractivity (Wildman–Crippen MR) is 81.7 cm³/mol. The van der Waals surface area contributed by atoms with Gasteiger partial charge >= 0.3 is 6.18 Å². The highest BCUT2D eigenvalue weighted by Gasteiger charge is 2.37. The van der Waals surface area contributed by atoms with Crippen molar-refractivity contribution in [1.82, 2.24) is 9.88 Å². The van der Waals surface area contributed by atoms with Crippen LogP contribution in [0.1, 0.15) is 33.9 Å². The van der Waals surface area contributed by atoms with Gasteiger partial charge in [0, 0.05) is 12.7 Å². The number of amides is 1. The Bertz CT molecular complexity index is 795. The van der Waals surface area contributed by atoms with Crippen LogP contribution in [0.2, 0.25) is 0 Å². The van der Waals surface area contributed by atoms with Gasteiger partial charge in [-0.3, -0.25) is 9.78 Å². The summed E-state index contributed by atoms with van der Waals surface area (Å²) in [6.45, 7) is -0.00456. The third-order valence-corrected chi connectivity index (χ3v) is 4.11. The first-order valence-electron chi connectivity index (χ1n) is 7.56. The van der Waals surface area contributed by atoms with Crippen molar-refractivity contribution < 1.29 is 28.2 Å². The third kappa shape index (κ3) is 3.58. The summed E-state index contributed by atoms with van der Waals surface area (Å²) in [6.07, 6.45) is -2.76. The van der Waals surface area contributed by atoms with E-state index in [2.05, 4.69) is 4.98 Å². The highest BCUT2D eigenvalue weighted by molar-refractivity contribution is 5.94. The Morgan fingerprint density at radius 1 is 1.24 bits per heavy atom. The minimum atomic E-state index is -4.49. The van der Waals surface area contributed by atoms with Gasteiger partial charge in [0.15, 0.2) is 0 Å². The summed E-state index contributed by atoms with van der Waals surface area (Å²) in [6, 6.07) is 5.26. The number of benzene rings is 1. The highest BCUT2D eigenvalue weighted by atomic mass is 19.4. The van der Waals surface area contributed by atoms with Crippen LogP contribution in [0.3, 0.4) is 0 Å². The molecule has 0 spiro atoms. The Hall–Kier alpha value is -2.61. The Morgan fingerprint density at radius 3 is 2.68 bits per heavy atom. The standard InChI is InChI=1S/C17H15F3N2O3/c18-17(19,20)12-3-1-2-10(4-12)15-6-14(24)9-22(15)16(25)11-5-13(23)8-21-7-11/h1-5,7-8,14-15,23-24H,6,9H2/t14-,15+/m1/s1. The Kier molecular flexibility index (Phi) is 4.38. The number of nitrogens with zero attached hydrogens (tertiary/aromatic N) is 2. The van der Waals surface area contributed by atoms with E-state index in [1.807, 2.05) is 0 Å². The number of aliphatic hydroxyl groups excluding tert-OH is 1. The van der Waals surface area contributed by atoms with Crippen molar-refractivity contribution in [1.29, 1.82) is 0 Å².